The fourth-order valence-corrected chi connectivity index (χ4v) is 3.34. The lowest BCUT2D eigenvalue weighted by atomic mass is 9.84. The van der Waals surface area contributed by atoms with E-state index in [9.17, 15) is 0 Å². The van der Waals surface area contributed by atoms with Crippen molar-refractivity contribution in [1.29, 1.82) is 0 Å². The maximum absolute atomic E-state index is 3.74. The van der Waals surface area contributed by atoms with E-state index in [2.05, 4.69) is 41.8 Å². The molecule has 2 saturated heterocycles. The molecule has 2 N–H and O–H groups in total. The lowest BCUT2D eigenvalue weighted by Crippen LogP contribution is -2.52. The lowest BCUT2D eigenvalue weighted by Gasteiger charge is -2.41. The summed E-state index contributed by atoms with van der Waals surface area (Å²) in [6, 6.07) is 10.8. The van der Waals surface area contributed by atoms with E-state index in [1.165, 1.54) is 43.4 Å². The standard InChI is InChI=1S/C15H22N2/c1-11-5-2-3-8-15(11)17-14-9-12-6-4-7-13(10-14)16-12/h2-3,5,8,12-14,16-17H,4,6-7,9-10H2,1H3. The van der Waals surface area contributed by atoms with Crippen LogP contribution < -0.4 is 10.6 Å². The highest BCUT2D eigenvalue weighted by atomic mass is 15.0. The summed E-state index contributed by atoms with van der Waals surface area (Å²) >= 11 is 0. The Hall–Kier alpha value is -1.02. The van der Waals surface area contributed by atoms with Crippen LogP contribution in [0.1, 0.15) is 37.7 Å². The third-order valence-electron chi connectivity index (χ3n) is 4.22. The Kier molecular flexibility index (Phi) is 3.06. The fourth-order valence-electron chi connectivity index (χ4n) is 3.34. The number of benzene rings is 1. The number of para-hydroxylation sites is 1. The second-order valence-corrected chi connectivity index (χ2v) is 5.62. The van der Waals surface area contributed by atoms with Gasteiger partial charge in [0.25, 0.3) is 0 Å². The van der Waals surface area contributed by atoms with Gasteiger partial charge in [0.2, 0.25) is 0 Å². The molecule has 0 amide bonds. The first-order chi connectivity index (χ1) is 8.31. The molecule has 2 atom stereocenters. The van der Waals surface area contributed by atoms with Crippen LogP contribution in [0.3, 0.4) is 0 Å². The molecule has 1 aromatic rings. The molecule has 1 aromatic carbocycles. The third kappa shape index (κ3) is 2.47. The molecule has 0 aliphatic carbocycles. The van der Waals surface area contributed by atoms with Crippen molar-refractivity contribution in [3.63, 3.8) is 0 Å². The van der Waals surface area contributed by atoms with Crippen LogP contribution in [-0.2, 0) is 0 Å². The van der Waals surface area contributed by atoms with Gasteiger partial charge >= 0.3 is 0 Å². The number of hydrogen-bond acceptors (Lipinski definition) is 2. The molecule has 2 fully saturated rings. The van der Waals surface area contributed by atoms with Gasteiger partial charge in [0.05, 0.1) is 0 Å². The van der Waals surface area contributed by atoms with Crippen molar-refractivity contribution in [2.24, 2.45) is 0 Å². The minimum absolute atomic E-state index is 0.660. The van der Waals surface area contributed by atoms with Crippen molar-refractivity contribution in [1.82, 2.24) is 5.32 Å². The van der Waals surface area contributed by atoms with Gasteiger partial charge in [0, 0.05) is 23.8 Å². The topological polar surface area (TPSA) is 24.1 Å². The van der Waals surface area contributed by atoms with Crippen molar-refractivity contribution in [3.8, 4) is 0 Å². The zero-order chi connectivity index (χ0) is 11.7. The fraction of sp³-hybridized carbons (Fsp3) is 0.600. The maximum atomic E-state index is 3.74. The molecule has 2 unspecified atom stereocenters. The summed E-state index contributed by atoms with van der Waals surface area (Å²) in [5.74, 6) is 0. The Morgan fingerprint density at radius 2 is 1.82 bits per heavy atom. The van der Waals surface area contributed by atoms with E-state index >= 15 is 0 Å². The second-order valence-electron chi connectivity index (χ2n) is 5.62. The van der Waals surface area contributed by atoms with Crippen LogP contribution in [0.5, 0.6) is 0 Å². The van der Waals surface area contributed by atoms with E-state index < -0.39 is 0 Å². The van der Waals surface area contributed by atoms with Crippen LogP contribution in [0, 0.1) is 6.92 Å². The summed E-state index contributed by atoms with van der Waals surface area (Å²) in [5.41, 5.74) is 2.67. The molecule has 2 aliphatic heterocycles. The number of anilines is 1. The van der Waals surface area contributed by atoms with Gasteiger partial charge < -0.3 is 10.6 Å². The number of piperidine rings is 2. The molecule has 92 valence electrons. The van der Waals surface area contributed by atoms with Crippen LogP contribution in [0.2, 0.25) is 0 Å². The van der Waals surface area contributed by atoms with E-state index in [0.717, 1.165) is 12.1 Å². The Labute approximate surface area is 104 Å². The van der Waals surface area contributed by atoms with Crippen molar-refractivity contribution in [2.75, 3.05) is 5.32 Å². The molecule has 2 bridgehead atoms. The first-order valence-electron chi connectivity index (χ1n) is 6.89. The van der Waals surface area contributed by atoms with Gasteiger partial charge in [0.1, 0.15) is 0 Å². The molecule has 0 saturated carbocycles. The molecule has 3 rings (SSSR count). The van der Waals surface area contributed by atoms with Crippen LogP contribution in [0.4, 0.5) is 5.69 Å². The van der Waals surface area contributed by atoms with Crippen molar-refractivity contribution < 1.29 is 0 Å². The first kappa shape index (κ1) is 11.1. The number of fused-ring (bicyclic) bond motifs is 2. The Bertz CT molecular complexity index is 376. The van der Waals surface area contributed by atoms with Gasteiger partial charge in [-0.15, -0.1) is 0 Å². The third-order valence-corrected chi connectivity index (χ3v) is 4.22. The molecular weight excluding hydrogens is 208 g/mol. The summed E-state index contributed by atoms with van der Waals surface area (Å²) in [6.45, 7) is 2.18. The van der Waals surface area contributed by atoms with Crippen molar-refractivity contribution in [2.45, 2.75) is 57.2 Å². The molecule has 2 heterocycles. The van der Waals surface area contributed by atoms with E-state index in [-0.39, 0.29) is 0 Å². The van der Waals surface area contributed by atoms with E-state index in [4.69, 9.17) is 0 Å². The first-order valence-corrected chi connectivity index (χ1v) is 6.89. The minimum Gasteiger partial charge on any atom is -0.382 e. The smallest absolute Gasteiger partial charge is 0.0372 e. The molecular formula is C15H22N2. The highest BCUT2D eigenvalue weighted by Crippen LogP contribution is 2.28. The lowest BCUT2D eigenvalue weighted by molar-refractivity contribution is 0.230. The summed E-state index contributed by atoms with van der Waals surface area (Å²) in [7, 11) is 0. The van der Waals surface area contributed by atoms with Crippen molar-refractivity contribution >= 4 is 5.69 Å². The zero-order valence-electron chi connectivity index (χ0n) is 10.6. The molecule has 0 radical (unpaired) electrons. The normalized spacial score (nSPS) is 32.2. The average molecular weight is 230 g/mol. The summed E-state index contributed by atoms with van der Waals surface area (Å²) in [6.07, 6.45) is 6.71. The molecule has 2 aliphatic rings. The SMILES string of the molecule is Cc1ccccc1NC1CC2CCCC(C1)N2. The predicted molar refractivity (Wildman–Crippen MR) is 72.4 cm³/mol. The minimum atomic E-state index is 0.660. The van der Waals surface area contributed by atoms with Gasteiger partial charge in [-0.25, -0.2) is 0 Å². The van der Waals surface area contributed by atoms with E-state index in [1.54, 1.807) is 0 Å². The van der Waals surface area contributed by atoms with Gasteiger partial charge in [0.15, 0.2) is 0 Å². The van der Waals surface area contributed by atoms with Crippen LogP contribution in [0.15, 0.2) is 24.3 Å². The molecule has 17 heavy (non-hydrogen) atoms. The Morgan fingerprint density at radius 1 is 1.12 bits per heavy atom. The van der Waals surface area contributed by atoms with Gasteiger partial charge in [-0.05, 0) is 44.2 Å². The Balaban J connectivity index is 1.68. The van der Waals surface area contributed by atoms with E-state index in [0.29, 0.717) is 6.04 Å². The highest BCUT2D eigenvalue weighted by Gasteiger charge is 2.30. The largest absolute Gasteiger partial charge is 0.382 e. The summed E-state index contributed by atoms with van der Waals surface area (Å²) in [5, 5.41) is 7.48. The Morgan fingerprint density at radius 3 is 2.53 bits per heavy atom. The van der Waals surface area contributed by atoms with Crippen LogP contribution in [-0.4, -0.2) is 18.1 Å². The molecule has 2 nitrogen and oxygen atoms in total. The molecule has 2 heteroatoms. The predicted octanol–water partition coefficient (Wildman–Crippen LogP) is 3.08. The molecule has 0 spiro atoms. The average Bonchev–Trinajstić information content (AvgIpc) is 2.32. The van der Waals surface area contributed by atoms with Gasteiger partial charge in [-0.1, -0.05) is 24.6 Å². The second kappa shape index (κ2) is 4.69. The number of aryl methyl sites for hydroxylation is 1. The quantitative estimate of drug-likeness (QED) is 0.816. The van der Waals surface area contributed by atoms with E-state index in [1.807, 2.05) is 0 Å². The van der Waals surface area contributed by atoms with Crippen molar-refractivity contribution in [3.05, 3.63) is 29.8 Å². The number of nitrogens with one attached hydrogen (secondary N) is 2. The number of rotatable bonds is 2. The zero-order valence-corrected chi connectivity index (χ0v) is 10.6. The van der Waals surface area contributed by atoms with Gasteiger partial charge in [-0.3, -0.25) is 0 Å². The maximum Gasteiger partial charge on any atom is 0.0372 e. The van der Waals surface area contributed by atoms with Crippen LogP contribution in [0.25, 0.3) is 0 Å². The summed E-state index contributed by atoms with van der Waals surface area (Å²) < 4.78 is 0. The monoisotopic (exact) mass is 230 g/mol. The van der Waals surface area contributed by atoms with Gasteiger partial charge in [-0.2, -0.15) is 0 Å². The molecule has 0 aromatic heterocycles. The van der Waals surface area contributed by atoms with Crippen LogP contribution >= 0.6 is 0 Å². The summed E-state index contributed by atoms with van der Waals surface area (Å²) in [4.78, 5) is 0. The number of hydrogen-bond donors (Lipinski definition) is 2. The highest BCUT2D eigenvalue weighted by molar-refractivity contribution is 5.51.